The Morgan fingerprint density at radius 3 is 2.71 bits per heavy atom. The zero-order valence-corrected chi connectivity index (χ0v) is 14.2. The molecule has 3 rings (SSSR count). The summed E-state index contributed by atoms with van der Waals surface area (Å²) in [5.74, 6) is 0.373. The summed E-state index contributed by atoms with van der Waals surface area (Å²) in [6.07, 6.45) is 10.4. The maximum Gasteiger partial charge on any atom is 0.229 e. The molecular formula is C19H18ClN3O. The molecule has 5 heteroatoms. The topological polar surface area (TPSA) is 54.9 Å². The van der Waals surface area contributed by atoms with Gasteiger partial charge in [0.2, 0.25) is 5.91 Å². The number of nitrogens with zero attached hydrogens (tertiary/aromatic N) is 2. The second-order valence-corrected chi connectivity index (χ2v) is 6.12. The van der Waals surface area contributed by atoms with Gasteiger partial charge in [0.05, 0.1) is 24.0 Å². The fourth-order valence-electron chi connectivity index (χ4n) is 2.51. The molecule has 0 atom stereocenters. The smallest absolute Gasteiger partial charge is 0.229 e. The van der Waals surface area contributed by atoms with Crippen LogP contribution in [0.4, 0.5) is 5.82 Å². The lowest BCUT2D eigenvalue weighted by atomic mass is 10.0. The molecule has 2 aromatic rings. The van der Waals surface area contributed by atoms with Gasteiger partial charge in [0.15, 0.2) is 5.82 Å². The molecule has 1 amide bonds. The summed E-state index contributed by atoms with van der Waals surface area (Å²) in [7, 11) is 0. The summed E-state index contributed by atoms with van der Waals surface area (Å²) in [6.45, 7) is 1.85. The van der Waals surface area contributed by atoms with Crippen molar-refractivity contribution in [1.82, 2.24) is 9.97 Å². The third-order valence-electron chi connectivity index (χ3n) is 3.77. The van der Waals surface area contributed by atoms with E-state index < -0.39 is 0 Å². The first-order chi connectivity index (χ1) is 11.6. The molecule has 1 N–H and O–H groups in total. The van der Waals surface area contributed by atoms with E-state index in [9.17, 15) is 4.79 Å². The number of carbonyl (C=O) groups is 1. The van der Waals surface area contributed by atoms with Crippen LogP contribution in [-0.2, 0) is 11.2 Å². The van der Waals surface area contributed by atoms with E-state index in [4.69, 9.17) is 11.6 Å². The predicted octanol–water partition coefficient (Wildman–Crippen LogP) is 4.35. The normalized spacial score (nSPS) is 13.5. The maximum atomic E-state index is 12.2. The molecule has 4 nitrogen and oxygen atoms in total. The highest BCUT2D eigenvalue weighted by Gasteiger charge is 2.10. The van der Waals surface area contributed by atoms with Gasteiger partial charge in [-0.15, -0.1) is 0 Å². The molecular weight excluding hydrogens is 322 g/mol. The Morgan fingerprint density at radius 2 is 2.04 bits per heavy atom. The molecule has 24 heavy (non-hydrogen) atoms. The number of nitrogens with one attached hydrogen (secondary N) is 1. The number of aromatic nitrogens is 2. The minimum atomic E-state index is -0.126. The minimum absolute atomic E-state index is 0.126. The third kappa shape index (κ3) is 4.09. The maximum absolute atomic E-state index is 12.2. The van der Waals surface area contributed by atoms with Crippen molar-refractivity contribution in [2.75, 3.05) is 5.32 Å². The first kappa shape index (κ1) is 16.4. The first-order valence-corrected chi connectivity index (χ1v) is 8.24. The molecule has 1 heterocycles. The molecule has 0 bridgehead atoms. The number of hydrogen-bond donors (Lipinski definition) is 1. The van der Waals surface area contributed by atoms with Gasteiger partial charge in [-0.2, -0.15) is 0 Å². The number of allylic oxidation sites excluding steroid dienone is 4. The van der Waals surface area contributed by atoms with Crippen LogP contribution in [0.3, 0.4) is 0 Å². The SMILES string of the molecule is Cc1nc(C2=CCCC=C2)cnc1NC(=O)Cc1ccc(Cl)cc1. The molecule has 1 aliphatic rings. The molecule has 1 aromatic carbocycles. The van der Waals surface area contributed by atoms with Gasteiger partial charge in [-0.1, -0.05) is 42.0 Å². The molecule has 0 radical (unpaired) electrons. The van der Waals surface area contributed by atoms with Crippen molar-refractivity contribution < 1.29 is 4.79 Å². The number of benzene rings is 1. The lowest BCUT2D eigenvalue weighted by molar-refractivity contribution is -0.115. The summed E-state index contributed by atoms with van der Waals surface area (Å²) < 4.78 is 0. The summed E-state index contributed by atoms with van der Waals surface area (Å²) in [6, 6.07) is 7.22. The van der Waals surface area contributed by atoms with Crippen molar-refractivity contribution in [2.24, 2.45) is 0 Å². The second-order valence-electron chi connectivity index (χ2n) is 5.68. The average molecular weight is 340 g/mol. The van der Waals surface area contributed by atoms with Crippen LogP contribution in [-0.4, -0.2) is 15.9 Å². The standard InChI is InChI=1S/C19H18ClN3O/c1-13-19(21-12-17(22-13)15-5-3-2-4-6-15)23-18(24)11-14-7-9-16(20)10-8-14/h3,5-10,12H,2,4,11H2,1H3,(H,21,23,24). The largest absolute Gasteiger partial charge is 0.309 e. The molecule has 0 saturated heterocycles. The molecule has 0 spiro atoms. The molecule has 1 aliphatic carbocycles. The number of carbonyl (C=O) groups excluding carboxylic acids is 1. The zero-order chi connectivity index (χ0) is 16.9. The van der Waals surface area contributed by atoms with E-state index in [0.717, 1.165) is 29.7 Å². The van der Waals surface area contributed by atoms with Crippen LogP contribution in [0.1, 0.15) is 29.8 Å². The number of amides is 1. The molecule has 1 aromatic heterocycles. The second kappa shape index (κ2) is 7.41. The van der Waals surface area contributed by atoms with E-state index in [1.54, 1.807) is 18.3 Å². The number of aryl methyl sites for hydroxylation is 1. The monoisotopic (exact) mass is 339 g/mol. The Morgan fingerprint density at radius 1 is 1.25 bits per heavy atom. The summed E-state index contributed by atoms with van der Waals surface area (Å²) in [4.78, 5) is 21.1. The van der Waals surface area contributed by atoms with Crippen LogP contribution >= 0.6 is 11.6 Å². The Balaban J connectivity index is 1.68. The summed E-state index contributed by atoms with van der Waals surface area (Å²) in [5, 5.41) is 3.48. The number of hydrogen-bond acceptors (Lipinski definition) is 3. The first-order valence-electron chi connectivity index (χ1n) is 7.87. The van der Waals surface area contributed by atoms with Crippen LogP contribution in [0, 0.1) is 6.92 Å². The van der Waals surface area contributed by atoms with Crippen LogP contribution < -0.4 is 5.32 Å². The fraction of sp³-hybridized carbons (Fsp3) is 0.211. The van der Waals surface area contributed by atoms with Gasteiger partial charge < -0.3 is 5.32 Å². The van der Waals surface area contributed by atoms with E-state index in [2.05, 4.69) is 33.5 Å². The predicted molar refractivity (Wildman–Crippen MR) is 96.9 cm³/mol. The van der Waals surface area contributed by atoms with Crippen molar-refractivity contribution in [1.29, 1.82) is 0 Å². The Labute approximate surface area is 146 Å². The van der Waals surface area contributed by atoms with Crippen LogP contribution in [0.5, 0.6) is 0 Å². The van der Waals surface area contributed by atoms with Crippen LogP contribution in [0.15, 0.2) is 48.7 Å². The van der Waals surface area contributed by atoms with E-state index in [1.807, 2.05) is 19.1 Å². The van der Waals surface area contributed by atoms with Crippen molar-refractivity contribution >= 4 is 28.9 Å². The van der Waals surface area contributed by atoms with E-state index in [0.29, 0.717) is 16.5 Å². The molecule has 0 fully saturated rings. The lowest BCUT2D eigenvalue weighted by Crippen LogP contribution is -2.17. The number of anilines is 1. The van der Waals surface area contributed by atoms with Gasteiger partial charge in [0.1, 0.15) is 0 Å². The van der Waals surface area contributed by atoms with Gasteiger partial charge in [-0.05, 0) is 43.0 Å². The van der Waals surface area contributed by atoms with Crippen molar-refractivity contribution in [3.63, 3.8) is 0 Å². The molecule has 0 aliphatic heterocycles. The van der Waals surface area contributed by atoms with E-state index in [1.165, 1.54) is 0 Å². The van der Waals surface area contributed by atoms with Gasteiger partial charge in [-0.3, -0.25) is 4.79 Å². The van der Waals surface area contributed by atoms with E-state index in [-0.39, 0.29) is 12.3 Å². The highest BCUT2D eigenvalue weighted by molar-refractivity contribution is 6.30. The number of halogens is 1. The zero-order valence-electron chi connectivity index (χ0n) is 13.4. The third-order valence-corrected chi connectivity index (χ3v) is 4.03. The van der Waals surface area contributed by atoms with Crippen molar-refractivity contribution in [3.05, 3.63) is 70.7 Å². The summed E-state index contributed by atoms with van der Waals surface area (Å²) in [5.41, 5.74) is 3.52. The van der Waals surface area contributed by atoms with Gasteiger partial charge >= 0.3 is 0 Å². The van der Waals surface area contributed by atoms with Crippen LogP contribution in [0.25, 0.3) is 5.57 Å². The van der Waals surface area contributed by atoms with Crippen LogP contribution in [0.2, 0.25) is 5.02 Å². The van der Waals surface area contributed by atoms with Gasteiger partial charge in [0, 0.05) is 5.02 Å². The lowest BCUT2D eigenvalue weighted by Gasteiger charge is -2.10. The minimum Gasteiger partial charge on any atom is -0.309 e. The highest BCUT2D eigenvalue weighted by atomic mass is 35.5. The van der Waals surface area contributed by atoms with Gasteiger partial charge in [-0.25, -0.2) is 9.97 Å². The molecule has 0 unspecified atom stereocenters. The molecule has 0 saturated carbocycles. The van der Waals surface area contributed by atoms with Crippen molar-refractivity contribution in [3.8, 4) is 0 Å². The Bertz CT molecular complexity index is 810. The fourth-order valence-corrected chi connectivity index (χ4v) is 2.64. The number of rotatable bonds is 4. The highest BCUT2D eigenvalue weighted by Crippen LogP contribution is 2.21. The Kier molecular flexibility index (Phi) is 5.06. The van der Waals surface area contributed by atoms with E-state index >= 15 is 0 Å². The molecule has 122 valence electrons. The quantitative estimate of drug-likeness (QED) is 0.900. The summed E-state index contributed by atoms with van der Waals surface area (Å²) >= 11 is 5.85. The average Bonchev–Trinajstić information content (AvgIpc) is 2.59. The van der Waals surface area contributed by atoms with Gasteiger partial charge in [0.25, 0.3) is 0 Å². The Hall–Kier alpha value is -2.46. The van der Waals surface area contributed by atoms with Crippen molar-refractivity contribution in [2.45, 2.75) is 26.2 Å².